The third-order valence-electron chi connectivity index (χ3n) is 4.09. The average Bonchev–Trinajstić information content (AvgIpc) is 2.62. The highest BCUT2D eigenvalue weighted by Gasteiger charge is 2.02. The molecule has 0 unspecified atom stereocenters. The minimum Gasteiger partial charge on any atom is -0.497 e. The first-order chi connectivity index (χ1) is 11.7. The zero-order valence-electron chi connectivity index (χ0n) is 15.4. The molecule has 1 rings (SSSR count). The number of nitrogens with zero attached hydrogens (tertiary/aromatic N) is 1. The van der Waals surface area contributed by atoms with E-state index in [0.29, 0.717) is 6.42 Å². The molecule has 134 valence electrons. The maximum absolute atomic E-state index is 11.8. The van der Waals surface area contributed by atoms with E-state index in [-0.39, 0.29) is 5.91 Å². The molecule has 0 aliphatic heterocycles. The number of benzene rings is 1. The summed E-state index contributed by atoms with van der Waals surface area (Å²) in [5.74, 6) is 0.774. The van der Waals surface area contributed by atoms with Gasteiger partial charge in [-0.3, -0.25) is 4.79 Å². The standard InChI is InChI=1S/C20H32N2O2/c1-4-5-6-7-8-9-10-11-15-20(23)22-21-17(2)18-13-12-14-19(16-18)24-3/h12-14,16H,4-11,15H2,1-3H3,(H,22,23). The molecular formula is C20H32N2O2. The number of rotatable bonds is 12. The van der Waals surface area contributed by atoms with Gasteiger partial charge in [-0.05, 0) is 25.5 Å². The fourth-order valence-electron chi connectivity index (χ4n) is 2.53. The van der Waals surface area contributed by atoms with Gasteiger partial charge in [0.15, 0.2) is 0 Å². The quantitative estimate of drug-likeness (QED) is 0.330. The van der Waals surface area contributed by atoms with E-state index >= 15 is 0 Å². The molecule has 0 spiro atoms. The number of carbonyl (C=O) groups excluding carboxylic acids is 1. The van der Waals surface area contributed by atoms with Crippen molar-refractivity contribution in [2.45, 2.75) is 71.6 Å². The van der Waals surface area contributed by atoms with Gasteiger partial charge < -0.3 is 4.74 Å². The zero-order valence-corrected chi connectivity index (χ0v) is 15.4. The minimum absolute atomic E-state index is 0.0109. The number of ether oxygens (including phenoxy) is 1. The van der Waals surface area contributed by atoms with E-state index in [0.717, 1.165) is 29.9 Å². The number of hydrogen-bond donors (Lipinski definition) is 1. The molecule has 0 fully saturated rings. The molecular weight excluding hydrogens is 300 g/mol. The van der Waals surface area contributed by atoms with E-state index in [1.807, 2.05) is 31.2 Å². The van der Waals surface area contributed by atoms with Gasteiger partial charge in [0.25, 0.3) is 0 Å². The van der Waals surface area contributed by atoms with Crippen LogP contribution in [0.25, 0.3) is 0 Å². The molecule has 1 N–H and O–H groups in total. The summed E-state index contributed by atoms with van der Waals surface area (Å²) in [5.41, 5.74) is 4.37. The van der Waals surface area contributed by atoms with Crippen LogP contribution >= 0.6 is 0 Å². The van der Waals surface area contributed by atoms with Crippen LogP contribution in [0.1, 0.15) is 77.2 Å². The van der Waals surface area contributed by atoms with Gasteiger partial charge in [-0.15, -0.1) is 0 Å². The van der Waals surface area contributed by atoms with Crippen LogP contribution in [0.4, 0.5) is 0 Å². The normalized spacial score (nSPS) is 11.4. The maximum Gasteiger partial charge on any atom is 0.240 e. The summed E-state index contributed by atoms with van der Waals surface area (Å²) >= 11 is 0. The third-order valence-corrected chi connectivity index (χ3v) is 4.09. The summed E-state index contributed by atoms with van der Waals surface area (Å²) in [6, 6.07) is 7.66. The molecule has 24 heavy (non-hydrogen) atoms. The van der Waals surface area contributed by atoms with Crippen LogP contribution in [-0.2, 0) is 4.79 Å². The number of unbranched alkanes of at least 4 members (excludes halogenated alkanes) is 7. The fraction of sp³-hybridized carbons (Fsp3) is 0.600. The Balaban J connectivity index is 2.20. The van der Waals surface area contributed by atoms with Crippen LogP contribution in [0.3, 0.4) is 0 Å². The second-order valence-corrected chi connectivity index (χ2v) is 6.19. The zero-order chi connectivity index (χ0) is 17.6. The van der Waals surface area contributed by atoms with Crippen molar-refractivity contribution in [1.29, 1.82) is 0 Å². The SMILES string of the molecule is CCCCCCCCCCC(=O)NN=C(C)c1cccc(OC)c1. The van der Waals surface area contributed by atoms with Crippen LogP contribution in [0.2, 0.25) is 0 Å². The molecule has 0 atom stereocenters. The summed E-state index contributed by atoms with van der Waals surface area (Å²) < 4.78 is 5.20. The maximum atomic E-state index is 11.8. The van der Waals surface area contributed by atoms with Gasteiger partial charge in [-0.25, -0.2) is 5.43 Å². The lowest BCUT2D eigenvalue weighted by Gasteiger charge is -2.05. The van der Waals surface area contributed by atoms with Gasteiger partial charge in [0.2, 0.25) is 5.91 Å². The third kappa shape index (κ3) is 8.70. The molecule has 0 bridgehead atoms. The number of hydrazone groups is 1. The van der Waals surface area contributed by atoms with E-state index in [9.17, 15) is 4.79 Å². The van der Waals surface area contributed by atoms with Crippen molar-refractivity contribution in [2.24, 2.45) is 5.10 Å². The second kappa shape index (κ2) is 12.6. The van der Waals surface area contributed by atoms with Crippen LogP contribution < -0.4 is 10.2 Å². The minimum atomic E-state index is -0.0109. The van der Waals surface area contributed by atoms with Crippen molar-refractivity contribution >= 4 is 11.6 Å². The number of nitrogens with one attached hydrogen (secondary N) is 1. The van der Waals surface area contributed by atoms with Gasteiger partial charge in [-0.2, -0.15) is 5.10 Å². The first-order valence-corrected chi connectivity index (χ1v) is 9.15. The molecule has 1 aromatic carbocycles. The largest absolute Gasteiger partial charge is 0.497 e. The van der Waals surface area contributed by atoms with Crippen molar-refractivity contribution in [3.63, 3.8) is 0 Å². The Hall–Kier alpha value is -1.84. The Bertz CT molecular complexity index is 512. The van der Waals surface area contributed by atoms with Crippen LogP contribution in [-0.4, -0.2) is 18.7 Å². The van der Waals surface area contributed by atoms with E-state index < -0.39 is 0 Å². The van der Waals surface area contributed by atoms with Crippen molar-refractivity contribution in [3.05, 3.63) is 29.8 Å². The van der Waals surface area contributed by atoms with Crippen LogP contribution in [0.5, 0.6) is 5.75 Å². The molecule has 0 aromatic heterocycles. The average molecular weight is 332 g/mol. The molecule has 1 amide bonds. The second-order valence-electron chi connectivity index (χ2n) is 6.19. The topological polar surface area (TPSA) is 50.7 Å². The number of hydrogen-bond acceptors (Lipinski definition) is 3. The van der Waals surface area contributed by atoms with Gasteiger partial charge in [0.05, 0.1) is 12.8 Å². The van der Waals surface area contributed by atoms with Gasteiger partial charge in [-0.1, -0.05) is 64.0 Å². The Kier molecular flexibility index (Phi) is 10.6. The molecule has 0 aliphatic carbocycles. The first-order valence-electron chi connectivity index (χ1n) is 9.15. The smallest absolute Gasteiger partial charge is 0.240 e. The molecule has 0 saturated heterocycles. The van der Waals surface area contributed by atoms with Crippen molar-refractivity contribution in [2.75, 3.05) is 7.11 Å². The predicted molar refractivity (Wildman–Crippen MR) is 101 cm³/mol. The first kappa shape index (κ1) is 20.2. The van der Waals surface area contributed by atoms with Crippen molar-refractivity contribution in [1.82, 2.24) is 5.43 Å². The Morgan fingerprint density at radius 1 is 1.08 bits per heavy atom. The Morgan fingerprint density at radius 2 is 1.75 bits per heavy atom. The molecule has 0 radical (unpaired) electrons. The lowest BCUT2D eigenvalue weighted by Crippen LogP contribution is -2.18. The highest BCUT2D eigenvalue weighted by molar-refractivity contribution is 5.99. The van der Waals surface area contributed by atoms with Gasteiger partial charge >= 0.3 is 0 Å². The summed E-state index contributed by atoms with van der Waals surface area (Å²) in [6.45, 7) is 4.11. The monoisotopic (exact) mass is 332 g/mol. The number of amides is 1. The number of methoxy groups -OCH3 is 1. The Morgan fingerprint density at radius 3 is 2.42 bits per heavy atom. The van der Waals surface area contributed by atoms with Crippen LogP contribution in [0.15, 0.2) is 29.4 Å². The molecule has 0 heterocycles. The van der Waals surface area contributed by atoms with Gasteiger partial charge in [0, 0.05) is 12.0 Å². The lowest BCUT2D eigenvalue weighted by atomic mass is 10.1. The molecule has 0 aliphatic rings. The molecule has 0 saturated carbocycles. The lowest BCUT2D eigenvalue weighted by molar-refractivity contribution is -0.121. The van der Waals surface area contributed by atoms with Crippen molar-refractivity contribution in [3.8, 4) is 5.75 Å². The molecule has 1 aromatic rings. The predicted octanol–water partition coefficient (Wildman–Crippen LogP) is 5.07. The van der Waals surface area contributed by atoms with Gasteiger partial charge in [0.1, 0.15) is 5.75 Å². The highest BCUT2D eigenvalue weighted by atomic mass is 16.5. The van der Waals surface area contributed by atoms with Crippen LogP contribution in [0, 0.1) is 0 Å². The fourth-order valence-corrected chi connectivity index (χ4v) is 2.53. The summed E-state index contributed by atoms with van der Waals surface area (Å²) in [4.78, 5) is 11.8. The summed E-state index contributed by atoms with van der Waals surface area (Å²) in [7, 11) is 1.64. The molecule has 4 nitrogen and oxygen atoms in total. The van der Waals surface area contributed by atoms with E-state index in [4.69, 9.17) is 4.74 Å². The number of carbonyl (C=O) groups is 1. The van der Waals surface area contributed by atoms with E-state index in [1.54, 1.807) is 7.11 Å². The Labute approximate surface area is 146 Å². The van der Waals surface area contributed by atoms with Crippen molar-refractivity contribution < 1.29 is 9.53 Å². The van der Waals surface area contributed by atoms with E-state index in [2.05, 4.69) is 17.5 Å². The molecule has 4 heteroatoms. The highest BCUT2D eigenvalue weighted by Crippen LogP contribution is 2.13. The van der Waals surface area contributed by atoms with E-state index in [1.165, 1.54) is 38.5 Å². The summed E-state index contributed by atoms with van der Waals surface area (Å²) in [5, 5.41) is 4.18. The summed E-state index contributed by atoms with van der Waals surface area (Å²) in [6.07, 6.45) is 10.4.